The van der Waals surface area contributed by atoms with Gasteiger partial charge in [-0.2, -0.15) is 5.10 Å². The Bertz CT molecular complexity index is 788. The van der Waals surface area contributed by atoms with Crippen LogP contribution in [0.1, 0.15) is 18.4 Å². The van der Waals surface area contributed by atoms with Crippen molar-refractivity contribution in [3.05, 3.63) is 59.1 Å². The Hall–Kier alpha value is -2.86. The van der Waals surface area contributed by atoms with Crippen LogP contribution in [0.4, 0.5) is 11.4 Å². The van der Waals surface area contributed by atoms with E-state index in [0.29, 0.717) is 10.7 Å². The maximum atomic E-state index is 11.9. The third-order valence-electron chi connectivity index (χ3n) is 3.54. The quantitative estimate of drug-likeness (QED) is 0.578. The van der Waals surface area contributed by atoms with E-state index in [4.69, 9.17) is 11.6 Å². The number of para-hydroxylation sites is 1. The van der Waals surface area contributed by atoms with Crippen LogP contribution in [0.15, 0.2) is 53.6 Å². The van der Waals surface area contributed by atoms with Crippen molar-refractivity contribution in [2.45, 2.75) is 12.8 Å². The first-order valence-corrected chi connectivity index (χ1v) is 8.47. The van der Waals surface area contributed by atoms with Crippen molar-refractivity contribution in [1.82, 2.24) is 5.43 Å². The van der Waals surface area contributed by atoms with E-state index in [9.17, 15) is 9.59 Å². The normalized spacial score (nSPS) is 10.6. The smallest absolute Gasteiger partial charge is 0.240 e. The molecule has 0 spiro atoms. The van der Waals surface area contributed by atoms with E-state index in [2.05, 4.69) is 15.8 Å². The number of hydrogen-bond donors (Lipinski definition) is 2. The lowest BCUT2D eigenvalue weighted by Crippen LogP contribution is -2.20. The number of hydrazone groups is 1. The van der Waals surface area contributed by atoms with Gasteiger partial charge < -0.3 is 10.2 Å². The van der Waals surface area contributed by atoms with Gasteiger partial charge in [-0.15, -0.1) is 0 Å². The second kappa shape index (κ2) is 9.58. The molecule has 26 heavy (non-hydrogen) atoms. The van der Waals surface area contributed by atoms with Crippen LogP contribution in [-0.4, -0.2) is 32.1 Å². The minimum Gasteiger partial charge on any atom is -0.378 e. The maximum absolute atomic E-state index is 11.9. The van der Waals surface area contributed by atoms with Gasteiger partial charge >= 0.3 is 0 Å². The Labute approximate surface area is 157 Å². The average molecular weight is 373 g/mol. The van der Waals surface area contributed by atoms with Crippen LogP contribution in [0, 0.1) is 0 Å². The molecule has 0 bridgehead atoms. The van der Waals surface area contributed by atoms with Crippen LogP contribution in [-0.2, 0) is 9.59 Å². The van der Waals surface area contributed by atoms with E-state index in [1.54, 1.807) is 30.5 Å². The predicted octanol–water partition coefficient (Wildman–Crippen LogP) is 3.28. The summed E-state index contributed by atoms with van der Waals surface area (Å²) in [6.07, 6.45) is 1.64. The lowest BCUT2D eigenvalue weighted by Gasteiger charge is -2.11. The van der Waals surface area contributed by atoms with Gasteiger partial charge in [-0.3, -0.25) is 9.59 Å². The molecule has 0 aliphatic rings. The second-order valence-corrected chi connectivity index (χ2v) is 6.21. The van der Waals surface area contributed by atoms with Crippen molar-refractivity contribution >= 4 is 41.0 Å². The topological polar surface area (TPSA) is 73.8 Å². The Morgan fingerprint density at radius 1 is 1.04 bits per heavy atom. The van der Waals surface area contributed by atoms with Crippen molar-refractivity contribution < 1.29 is 9.59 Å². The van der Waals surface area contributed by atoms with E-state index in [0.717, 1.165) is 11.3 Å². The summed E-state index contributed by atoms with van der Waals surface area (Å²) in [5.74, 6) is -0.614. The Balaban J connectivity index is 1.74. The largest absolute Gasteiger partial charge is 0.378 e. The van der Waals surface area contributed by atoms with Crippen LogP contribution in [0.5, 0.6) is 0 Å². The van der Waals surface area contributed by atoms with Gasteiger partial charge in [0.15, 0.2) is 0 Å². The molecule has 0 saturated carbocycles. The van der Waals surface area contributed by atoms with Crippen LogP contribution >= 0.6 is 11.6 Å². The van der Waals surface area contributed by atoms with Gasteiger partial charge in [0.25, 0.3) is 0 Å². The SMILES string of the molecule is CN(C)c1ccc(C=NNC(=O)CCC(=O)Nc2ccccc2Cl)cc1. The highest BCUT2D eigenvalue weighted by molar-refractivity contribution is 6.33. The summed E-state index contributed by atoms with van der Waals surface area (Å²) in [7, 11) is 3.93. The molecule has 2 aromatic carbocycles. The number of carbonyl (C=O) groups excluding carboxylic acids is 2. The molecule has 0 saturated heterocycles. The third-order valence-corrected chi connectivity index (χ3v) is 3.87. The van der Waals surface area contributed by atoms with Crippen molar-refractivity contribution in [2.75, 3.05) is 24.3 Å². The van der Waals surface area contributed by atoms with Crippen LogP contribution in [0.2, 0.25) is 5.02 Å². The zero-order valence-corrected chi connectivity index (χ0v) is 15.5. The molecule has 6 nitrogen and oxygen atoms in total. The molecule has 0 aliphatic heterocycles. The number of nitrogens with zero attached hydrogens (tertiary/aromatic N) is 2. The van der Waals surface area contributed by atoms with Crippen molar-refractivity contribution in [2.24, 2.45) is 5.10 Å². The number of amides is 2. The summed E-state index contributed by atoms with van der Waals surface area (Å²) in [6.45, 7) is 0. The van der Waals surface area contributed by atoms with Gasteiger partial charge in [0.2, 0.25) is 11.8 Å². The van der Waals surface area contributed by atoms with E-state index < -0.39 is 0 Å². The van der Waals surface area contributed by atoms with Crippen LogP contribution in [0.25, 0.3) is 0 Å². The molecule has 0 fully saturated rings. The van der Waals surface area contributed by atoms with Crippen LogP contribution < -0.4 is 15.6 Å². The molecule has 2 amide bonds. The average Bonchev–Trinajstić information content (AvgIpc) is 2.62. The summed E-state index contributed by atoms with van der Waals surface area (Å²) in [4.78, 5) is 25.6. The molecule has 0 aliphatic carbocycles. The number of rotatable bonds is 7. The highest BCUT2D eigenvalue weighted by atomic mass is 35.5. The summed E-state index contributed by atoms with van der Waals surface area (Å²) >= 11 is 5.97. The number of benzene rings is 2. The summed E-state index contributed by atoms with van der Waals surface area (Å²) in [5.41, 5.74) is 4.89. The number of halogens is 1. The summed E-state index contributed by atoms with van der Waals surface area (Å²) in [5, 5.41) is 7.02. The number of nitrogens with one attached hydrogen (secondary N) is 2. The lowest BCUT2D eigenvalue weighted by atomic mass is 10.2. The van der Waals surface area contributed by atoms with Gasteiger partial charge in [0, 0.05) is 32.6 Å². The fourth-order valence-corrected chi connectivity index (χ4v) is 2.28. The predicted molar refractivity (Wildman–Crippen MR) is 106 cm³/mol. The first kappa shape index (κ1) is 19.5. The minimum absolute atomic E-state index is 0.0349. The molecule has 0 unspecified atom stereocenters. The van der Waals surface area contributed by atoms with E-state index in [1.807, 2.05) is 43.3 Å². The molecular weight excluding hydrogens is 352 g/mol. The molecular formula is C19H21ClN4O2. The van der Waals surface area contributed by atoms with Gasteiger partial charge in [-0.1, -0.05) is 35.9 Å². The second-order valence-electron chi connectivity index (χ2n) is 5.81. The molecule has 0 radical (unpaired) electrons. The minimum atomic E-state index is -0.333. The Kier molecular flexibility index (Phi) is 7.17. The molecule has 0 aromatic heterocycles. The van der Waals surface area contributed by atoms with Crippen LogP contribution in [0.3, 0.4) is 0 Å². The maximum Gasteiger partial charge on any atom is 0.240 e. The standard InChI is InChI=1S/C19H21ClN4O2/c1-24(2)15-9-7-14(8-10-15)13-21-23-19(26)12-11-18(25)22-17-6-4-3-5-16(17)20/h3-10,13H,11-12H2,1-2H3,(H,22,25)(H,23,26). The summed E-state index contributed by atoms with van der Waals surface area (Å²) in [6, 6.07) is 14.7. The lowest BCUT2D eigenvalue weighted by molar-refractivity contribution is -0.124. The van der Waals surface area contributed by atoms with Gasteiger partial charge in [-0.25, -0.2) is 5.43 Å². The van der Waals surface area contributed by atoms with E-state index >= 15 is 0 Å². The van der Waals surface area contributed by atoms with Crippen molar-refractivity contribution in [3.8, 4) is 0 Å². The summed E-state index contributed by atoms with van der Waals surface area (Å²) < 4.78 is 0. The molecule has 0 heterocycles. The van der Waals surface area contributed by atoms with Gasteiger partial charge in [0.1, 0.15) is 0 Å². The molecule has 2 aromatic rings. The molecule has 136 valence electrons. The van der Waals surface area contributed by atoms with E-state index in [-0.39, 0.29) is 24.7 Å². The first-order chi connectivity index (χ1) is 12.5. The van der Waals surface area contributed by atoms with Crippen molar-refractivity contribution in [1.29, 1.82) is 0 Å². The number of anilines is 2. The number of hydrogen-bond acceptors (Lipinski definition) is 4. The van der Waals surface area contributed by atoms with Gasteiger partial charge in [-0.05, 0) is 29.8 Å². The van der Waals surface area contributed by atoms with E-state index in [1.165, 1.54) is 0 Å². The number of carbonyl (C=O) groups is 2. The highest BCUT2D eigenvalue weighted by Gasteiger charge is 2.08. The van der Waals surface area contributed by atoms with Crippen molar-refractivity contribution in [3.63, 3.8) is 0 Å². The zero-order chi connectivity index (χ0) is 18.9. The van der Waals surface area contributed by atoms with Gasteiger partial charge in [0.05, 0.1) is 16.9 Å². The highest BCUT2D eigenvalue weighted by Crippen LogP contribution is 2.20. The molecule has 0 atom stereocenters. The zero-order valence-electron chi connectivity index (χ0n) is 14.7. The Morgan fingerprint density at radius 3 is 2.35 bits per heavy atom. The Morgan fingerprint density at radius 2 is 1.69 bits per heavy atom. The molecule has 2 N–H and O–H groups in total. The molecule has 7 heteroatoms. The fraction of sp³-hybridized carbons (Fsp3) is 0.211. The third kappa shape index (κ3) is 6.22. The fourth-order valence-electron chi connectivity index (χ4n) is 2.10. The first-order valence-electron chi connectivity index (χ1n) is 8.09. The molecule has 2 rings (SSSR count). The monoisotopic (exact) mass is 372 g/mol.